The fourth-order valence-electron chi connectivity index (χ4n) is 0.969. The maximum atomic E-state index is 4.58. The molecule has 3 heteroatoms. The van der Waals surface area contributed by atoms with E-state index in [0.29, 0.717) is 5.92 Å². The van der Waals surface area contributed by atoms with Gasteiger partial charge < -0.3 is 4.84 Å². The Labute approximate surface area is 78.4 Å². The minimum absolute atomic E-state index is 0.441. The highest BCUT2D eigenvalue weighted by atomic mass is 16.6. The predicted molar refractivity (Wildman–Crippen MR) is 52.9 cm³/mol. The van der Waals surface area contributed by atoms with Crippen LogP contribution in [0.25, 0.3) is 0 Å². The molecule has 1 aromatic rings. The molecule has 0 aliphatic heterocycles. The molecule has 0 saturated carbocycles. The van der Waals surface area contributed by atoms with Gasteiger partial charge in [0.1, 0.15) is 7.11 Å². The van der Waals surface area contributed by atoms with Crippen molar-refractivity contribution in [1.29, 1.82) is 0 Å². The highest BCUT2D eigenvalue weighted by Gasteiger charge is 1.99. The summed E-state index contributed by atoms with van der Waals surface area (Å²) >= 11 is 0. The molecule has 0 aliphatic rings. The van der Waals surface area contributed by atoms with Crippen LogP contribution in [0.2, 0.25) is 0 Å². The summed E-state index contributed by atoms with van der Waals surface area (Å²) in [6.45, 7) is 4.22. The van der Waals surface area contributed by atoms with Crippen LogP contribution in [0, 0.1) is 0 Å². The van der Waals surface area contributed by atoms with Gasteiger partial charge in [-0.25, -0.2) is 0 Å². The van der Waals surface area contributed by atoms with E-state index < -0.39 is 0 Å². The summed E-state index contributed by atoms with van der Waals surface area (Å²) in [6, 6.07) is 5.88. The molecule has 0 aromatic carbocycles. The summed E-state index contributed by atoms with van der Waals surface area (Å²) in [5.74, 6) is 0.441. The van der Waals surface area contributed by atoms with Crippen LogP contribution in [0.5, 0.6) is 0 Å². The Morgan fingerprint density at radius 2 is 2.23 bits per heavy atom. The van der Waals surface area contributed by atoms with Crippen LogP contribution < -0.4 is 0 Å². The van der Waals surface area contributed by atoms with Crippen LogP contribution in [-0.2, 0) is 4.84 Å². The quantitative estimate of drug-likeness (QED) is 0.525. The van der Waals surface area contributed by atoms with E-state index in [9.17, 15) is 0 Å². The van der Waals surface area contributed by atoms with E-state index in [1.54, 1.807) is 6.21 Å². The van der Waals surface area contributed by atoms with Crippen LogP contribution in [0.1, 0.15) is 31.2 Å². The summed E-state index contributed by atoms with van der Waals surface area (Å²) in [5.41, 5.74) is 1.90. The van der Waals surface area contributed by atoms with Gasteiger partial charge in [-0.3, -0.25) is 4.98 Å². The molecule has 0 N–H and O–H groups in total. The standard InChI is InChI=1S/C10H14N2O/c1-8(2)10-6-4-5-9(12-10)7-11-13-3/h4-8H,1-3H3/b11-7+. The summed E-state index contributed by atoms with van der Waals surface area (Å²) < 4.78 is 0. The van der Waals surface area contributed by atoms with E-state index in [2.05, 4.69) is 28.8 Å². The summed E-state index contributed by atoms with van der Waals surface area (Å²) in [6.07, 6.45) is 1.60. The number of nitrogens with zero attached hydrogens (tertiary/aromatic N) is 2. The van der Waals surface area contributed by atoms with Gasteiger partial charge >= 0.3 is 0 Å². The topological polar surface area (TPSA) is 34.5 Å². The second-order valence-corrected chi connectivity index (χ2v) is 3.06. The first kappa shape index (κ1) is 9.71. The lowest BCUT2D eigenvalue weighted by Crippen LogP contribution is -1.96. The Bertz CT molecular complexity index is 295. The first-order valence-electron chi connectivity index (χ1n) is 4.27. The van der Waals surface area contributed by atoms with Gasteiger partial charge in [0.2, 0.25) is 0 Å². The zero-order valence-electron chi connectivity index (χ0n) is 8.19. The fraction of sp³-hybridized carbons (Fsp3) is 0.400. The third kappa shape index (κ3) is 2.86. The maximum Gasteiger partial charge on any atom is 0.106 e. The van der Waals surface area contributed by atoms with Crippen LogP contribution in [-0.4, -0.2) is 18.3 Å². The number of oxime groups is 1. The van der Waals surface area contributed by atoms with E-state index >= 15 is 0 Å². The SMILES string of the molecule is CO/N=C/c1cccc(C(C)C)n1. The zero-order valence-corrected chi connectivity index (χ0v) is 8.19. The summed E-state index contributed by atoms with van der Waals surface area (Å²) in [5, 5.41) is 3.65. The molecule has 0 saturated heterocycles. The van der Waals surface area contributed by atoms with Crippen molar-refractivity contribution in [2.45, 2.75) is 19.8 Å². The Balaban J connectivity index is 2.85. The average Bonchev–Trinajstić information content (AvgIpc) is 2.15. The fourth-order valence-corrected chi connectivity index (χ4v) is 0.969. The van der Waals surface area contributed by atoms with Crippen molar-refractivity contribution in [1.82, 2.24) is 4.98 Å². The lowest BCUT2D eigenvalue weighted by Gasteiger charge is -2.03. The first-order chi connectivity index (χ1) is 6.24. The molecule has 0 atom stereocenters. The van der Waals surface area contributed by atoms with E-state index in [1.165, 1.54) is 7.11 Å². The second kappa shape index (κ2) is 4.60. The average molecular weight is 178 g/mol. The van der Waals surface area contributed by atoms with Crippen molar-refractivity contribution in [3.05, 3.63) is 29.6 Å². The minimum Gasteiger partial charge on any atom is -0.399 e. The molecule has 0 aliphatic carbocycles. The molecule has 1 heterocycles. The third-order valence-corrected chi connectivity index (χ3v) is 1.67. The van der Waals surface area contributed by atoms with Gasteiger partial charge in [-0.05, 0) is 18.1 Å². The minimum atomic E-state index is 0.441. The number of hydrogen-bond acceptors (Lipinski definition) is 3. The smallest absolute Gasteiger partial charge is 0.106 e. The predicted octanol–water partition coefficient (Wildman–Crippen LogP) is 2.19. The summed E-state index contributed by atoms with van der Waals surface area (Å²) in [7, 11) is 1.52. The molecule has 1 aromatic heterocycles. The van der Waals surface area contributed by atoms with Crippen LogP contribution >= 0.6 is 0 Å². The molecule has 0 bridgehead atoms. The Morgan fingerprint density at radius 3 is 2.85 bits per heavy atom. The highest BCUT2D eigenvalue weighted by molar-refractivity contribution is 5.76. The largest absolute Gasteiger partial charge is 0.399 e. The van der Waals surface area contributed by atoms with Crippen LogP contribution in [0.4, 0.5) is 0 Å². The monoisotopic (exact) mass is 178 g/mol. The molecule has 70 valence electrons. The lowest BCUT2D eigenvalue weighted by atomic mass is 10.1. The van der Waals surface area contributed by atoms with Crippen LogP contribution in [0.15, 0.2) is 23.4 Å². The Kier molecular flexibility index (Phi) is 3.43. The van der Waals surface area contributed by atoms with E-state index in [1.807, 2.05) is 18.2 Å². The molecule has 0 radical (unpaired) electrons. The molecule has 0 spiro atoms. The molecule has 0 amide bonds. The molecule has 3 nitrogen and oxygen atoms in total. The number of hydrogen-bond donors (Lipinski definition) is 0. The normalized spacial score (nSPS) is 11.1. The Morgan fingerprint density at radius 1 is 1.46 bits per heavy atom. The number of aromatic nitrogens is 1. The van der Waals surface area contributed by atoms with Gasteiger partial charge in [-0.15, -0.1) is 0 Å². The van der Waals surface area contributed by atoms with Gasteiger partial charge in [0, 0.05) is 5.69 Å². The van der Waals surface area contributed by atoms with Crippen LogP contribution in [0.3, 0.4) is 0 Å². The summed E-state index contributed by atoms with van der Waals surface area (Å²) in [4.78, 5) is 8.96. The molecular formula is C10H14N2O. The lowest BCUT2D eigenvalue weighted by molar-refractivity contribution is 0.215. The van der Waals surface area contributed by atoms with Gasteiger partial charge in [0.25, 0.3) is 0 Å². The first-order valence-corrected chi connectivity index (χ1v) is 4.27. The molecule has 0 fully saturated rings. The second-order valence-electron chi connectivity index (χ2n) is 3.06. The Hall–Kier alpha value is -1.38. The highest BCUT2D eigenvalue weighted by Crippen LogP contribution is 2.10. The molecular weight excluding hydrogens is 164 g/mol. The van der Waals surface area contributed by atoms with Crippen molar-refractivity contribution < 1.29 is 4.84 Å². The molecule has 13 heavy (non-hydrogen) atoms. The van der Waals surface area contributed by atoms with E-state index in [-0.39, 0.29) is 0 Å². The van der Waals surface area contributed by atoms with Crippen molar-refractivity contribution in [2.24, 2.45) is 5.16 Å². The number of pyridine rings is 1. The van der Waals surface area contributed by atoms with Crippen molar-refractivity contribution in [3.8, 4) is 0 Å². The van der Waals surface area contributed by atoms with Crippen molar-refractivity contribution in [3.63, 3.8) is 0 Å². The maximum absolute atomic E-state index is 4.58. The third-order valence-electron chi connectivity index (χ3n) is 1.67. The van der Waals surface area contributed by atoms with Gasteiger partial charge in [-0.1, -0.05) is 25.1 Å². The molecule has 1 rings (SSSR count). The van der Waals surface area contributed by atoms with Crippen molar-refractivity contribution >= 4 is 6.21 Å². The van der Waals surface area contributed by atoms with Gasteiger partial charge in [0.05, 0.1) is 11.9 Å². The number of rotatable bonds is 3. The van der Waals surface area contributed by atoms with E-state index in [0.717, 1.165) is 11.4 Å². The van der Waals surface area contributed by atoms with Gasteiger partial charge in [0.15, 0.2) is 0 Å². The van der Waals surface area contributed by atoms with Crippen molar-refractivity contribution in [2.75, 3.05) is 7.11 Å². The molecule has 0 unspecified atom stereocenters. The zero-order chi connectivity index (χ0) is 9.68. The van der Waals surface area contributed by atoms with E-state index in [4.69, 9.17) is 0 Å². The van der Waals surface area contributed by atoms with Gasteiger partial charge in [-0.2, -0.15) is 0 Å².